The SMILES string of the molecule is CC(=O)Cc1nnc(-c2ccc3c(n2)CCN([C@H](C)c2ccc4scnc4c2)CC3)s1. The van der Waals surface area contributed by atoms with Gasteiger partial charge in [-0.15, -0.1) is 21.5 Å². The minimum absolute atomic E-state index is 0.0979. The number of benzene rings is 1. The summed E-state index contributed by atoms with van der Waals surface area (Å²) in [7, 11) is 0. The highest BCUT2D eigenvalue weighted by Crippen LogP contribution is 2.29. The summed E-state index contributed by atoms with van der Waals surface area (Å²) in [4.78, 5) is 23.3. The highest BCUT2D eigenvalue weighted by Gasteiger charge is 2.22. The number of aromatic nitrogens is 4. The molecule has 8 heteroatoms. The van der Waals surface area contributed by atoms with Crippen molar-refractivity contribution >= 4 is 38.7 Å². The lowest BCUT2D eigenvalue weighted by Crippen LogP contribution is -2.29. The Hall–Kier alpha value is -2.55. The van der Waals surface area contributed by atoms with Crippen molar-refractivity contribution in [3.8, 4) is 10.7 Å². The molecule has 0 spiro atoms. The number of hydrogen-bond donors (Lipinski definition) is 0. The largest absolute Gasteiger partial charge is 0.300 e. The predicted molar refractivity (Wildman–Crippen MR) is 125 cm³/mol. The van der Waals surface area contributed by atoms with Crippen LogP contribution in [0.4, 0.5) is 0 Å². The zero-order chi connectivity index (χ0) is 21.4. The van der Waals surface area contributed by atoms with Crippen LogP contribution < -0.4 is 0 Å². The maximum atomic E-state index is 11.3. The van der Waals surface area contributed by atoms with Crippen LogP contribution in [0.3, 0.4) is 0 Å². The number of carbonyl (C=O) groups is 1. The summed E-state index contributed by atoms with van der Waals surface area (Å²) >= 11 is 3.14. The summed E-state index contributed by atoms with van der Waals surface area (Å²) < 4.78 is 1.24. The van der Waals surface area contributed by atoms with E-state index in [0.29, 0.717) is 12.5 Å². The summed E-state index contributed by atoms with van der Waals surface area (Å²) in [6.45, 7) is 5.82. The fourth-order valence-corrected chi connectivity index (χ4v) is 5.63. The van der Waals surface area contributed by atoms with Crippen molar-refractivity contribution in [2.75, 3.05) is 13.1 Å². The van der Waals surface area contributed by atoms with Gasteiger partial charge in [-0.1, -0.05) is 23.5 Å². The number of carbonyl (C=O) groups excluding carboxylic acids is 1. The maximum absolute atomic E-state index is 11.3. The highest BCUT2D eigenvalue weighted by atomic mass is 32.1. The van der Waals surface area contributed by atoms with Gasteiger partial charge in [0.1, 0.15) is 16.5 Å². The number of rotatable bonds is 5. The van der Waals surface area contributed by atoms with Crippen LogP contribution in [0.5, 0.6) is 0 Å². The number of nitrogens with zero attached hydrogens (tertiary/aromatic N) is 5. The molecule has 0 fully saturated rings. The van der Waals surface area contributed by atoms with E-state index in [1.807, 2.05) is 11.6 Å². The Morgan fingerprint density at radius 2 is 2.03 bits per heavy atom. The van der Waals surface area contributed by atoms with E-state index in [0.717, 1.165) is 52.9 Å². The smallest absolute Gasteiger partial charge is 0.166 e. The second-order valence-corrected chi connectivity index (χ2v) is 9.92. The third-order valence-electron chi connectivity index (χ3n) is 5.84. The maximum Gasteiger partial charge on any atom is 0.166 e. The zero-order valence-corrected chi connectivity index (χ0v) is 19.2. The van der Waals surface area contributed by atoms with Crippen LogP contribution in [0.1, 0.15) is 41.7 Å². The molecule has 31 heavy (non-hydrogen) atoms. The van der Waals surface area contributed by atoms with Gasteiger partial charge in [0.25, 0.3) is 0 Å². The molecule has 1 aliphatic heterocycles. The Balaban J connectivity index is 1.33. The monoisotopic (exact) mass is 449 g/mol. The molecule has 1 atom stereocenters. The third kappa shape index (κ3) is 4.28. The first-order valence-electron chi connectivity index (χ1n) is 10.4. The van der Waals surface area contributed by atoms with Crippen LogP contribution in [0.15, 0.2) is 35.8 Å². The van der Waals surface area contributed by atoms with Crippen LogP contribution in [-0.4, -0.2) is 43.9 Å². The lowest BCUT2D eigenvalue weighted by atomic mass is 10.1. The Morgan fingerprint density at radius 1 is 1.16 bits per heavy atom. The first-order chi connectivity index (χ1) is 15.1. The van der Waals surface area contributed by atoms with E-state index in [1.54, 1.807) is 18.3 Å². The first-order valence-corrected chi connectivity index (χ1v) is 12.1. The van der Waals surface area contributed by atoms with E-state index in [9.17, 15) is 4.79 Å². The van der Waals surface area contributed by atoms with E-state index in [4.69, 9.17) is 4.98 Å². The first kappa shape index (κ1) is 20.4. The standard InChI is InChI=1S/C23H23N5OS2/c1-14(29)11-22-26-27-23(31-22)19-5-3-16-7-9-28(10-8-18(16)25-19)15(2)17-4-6-21-20(12-17)24-13-30-21/h3-6,12-13,15H,7-11H2,1-2H3/t15-/m1/s1. The molecule has 158 valence electrons. The van der Waals surface area contributed by atoms with Gasteiger partial charge in [0.2, 0.25) is 0 Å². The van der Waals surface area contributed by atoms with Crippen LogP contribution in [0.25, 0.3) is 20.9 Å². The van der Waals surface area contributed by atoms with E-state index in [1.165, 1.54) is 27.2 Å². The average molecular weight is 450 g/mol. The molecule has 3 aromatic heterocycles. The molecule has 6 nitrogen and oxygen atoms in total. The fourth-order valence-electron chi connectivity index (χ4n) is 4.09. The van der Waals surface area contributed by atoms with Crippen molar-refractivity contribution in [1.29, 1.82) is 0 Å². The third-order valence-corrected chi connectivity index (χ3v) is 7.60. The molecule has 0 amide bonds. The van der Waals surface area contributed by atoms with Crippen molar-refractivity contribution in [3.05, 3.63) is 57.7 Å². The Kier molecular flexibility index (Phi) is 5.60. The van der Waals surface area contributed by atoms with Crippen molar-refractivity contribution in [1.82, 2.24) is 25.1 Å². The minimum Gasteiger partial charge on any atom is -0.300 e. The van der Waals surface area contributed by atoms with Gasteiger partial charge in [0.05, 0.1) is 22.1 Å². The van der Waals surface area contributed by atoms with Crippen molar-refractivity contribution in [3.63, 3.8) is 0 Å². The predicted octanol–water partition coefficient (Wildman–Crippen LogP) is 4.50. The summed E-state index contributed by atoms with van der Waals surface area (Å²) in [6.07, 6.45) is 2.23. The topological polar surface area (TPSA) is 71.9 Å². The van der Waals surface area contributed by atoms with Gasteiger partial charge in [-0.2, -0.15) is 0 Å². The Labute approximate surface area is 189 Å². The molecule has 0 unspecified atom stereocenters. The molecule has 1 aromatic carbocycles. The second-order valence-electron chi connectivity index (χ2n) is 7.97. The lowest BCUT2D eigenvalue weighted by molar-refractivity contribution is -0.116. The van der Waals surface area contributed by atoms with Gasteiger partial charge in [0, 0.05) is 31.2 Å². The molecule has 4 heterocycles. The van der Waals surface area contributed by atoms with Crippen molar-refractivity contribution in [2.24, 2.45) is 0 Å². The van der Waals surface area contributed by atoms with E-state index in [-0.39, 0.29) is 5.78 Å². The van der Waals surface area contributed by atoms with Crippen molar-refractivity contribution < 1.29 is 4.79 Å². The highest BCUT2D eigenvalue weighted by molar-refractivity contribution is 7.16. The van der Waals surface area contributed by atoms with E-state index < -0.39 is 0 Å². The van der Waals surface area contributed by atoms with Gasteiger partial charge in [0.15, 0.2) is 5.01 Å². The molecule has 0 saturated carbocycles. The summed E-state index contributed by atoms with van der Waals surface area (Å²) in [5.41, 5.74) is 7.60. The summed E-state index contributed by atoms with van der Waals surface area (Å²) in [5, 5.41) is 9.93. The number of Topliss-reactive ketones (excluding diaryl/α,β-unsaturated/α-hetero) is 1. The van der Waals surface area contributed by atoms with E-state index in [2.05, 4.69) is 51.3 Å². The number of thiazole rings is 1. The summed E-state index contributed by atoms with van der Waals surface area (Å²) in [6, 6.07) is 11.2. The van der Waals surface area contributed by atoms with Crippen LogP contribution in [0, 0.1) is 0 Å². The van der Waals surface area contributed by atoms with E-state index >= 15 is 0 Å². The number of ketones is 1. The van der Waals surface area contributed by atoms with Gasteiger partial charge in [-0.25, -0.2) is 9.97 Å². The molecule has 0 N–H and O–H groups in total. The van der Waals surface area contributed by atoms with Gasteiger partial charge < -0.3 is 0 Å². The molecule has 0 saturated heterocycles. The second kappa shape index (κ2) is 8.53. The molecular weight excluding hydrogens is 426 g/mol. The Bertz CT molecular complexity index is 1250. The molecule has 5 rings (SSSR count). The number of hydrogen-bond acceptors (Lipinski definition) is 8. The quantitative estimate of drug-likeness (QED) is 0.447. The summed E-state index contributed by atoms with van der Waals surface area (Å²) in [5.74, 6) is 0.0979. The van der Waals surface area contributed by atoms with Gasteiger partial charge >= 0.3 is 0 Å². The number of fused-ring (bicyclic) bond motifs is 2. The zero-order valence-electron chi connectivity index (χ0n) is 17.5. The van der Waals surface area contributed by atoms with Crippen LogP contribution in [-0.2, 0) is 24.1 Å². The average Bonchev–Trinajstić information content (AvgIpc) is 3.37. The molecule has 0 radical (unpaired) electrons. The molecular formula is C23H23N5OS2. The van der Waals surface area contributed by atoms with Gasteiger partial charge in [-0.05, 0) is 49.6 Å². The van der Waals surface area contributed by atoms with Crippen molar-refractivity contribution in [2.45, 2.75) is 39.2 Å². The molecule has 1 aliphatic rings. The minimum atomic E-state index is 0.0979. The molecule has 0 bridgehead atoms. The lowest BCUT2D eigenvalue weighted by Gasteiger charge is -2.27. The Morgan fingerprint density at radius 3 is 2.90 bits per heavy atom. The fraction of sp³-hybridized carbons (Fsp3) is 0.348. The van der Waals surface area contributed by atoms with Crippen LogP contribution >= 0.6 is 22.7 Å². The van der Waals surface area contributed by atoms with Crippen LogP contribution in [0.2, 0.25) is 0 Å². The normalized spacial score (nSPS) is 15.5. The van der Waals surface area contributed by atoms with Gasteiger partial charge in [-0.3, -0.25) is 9.69 Å². The number of pyridine rings is 1. The molecule has 4 aromatic rings. The molecule has 0 aliphatic carbocycles.